The number of likely N-dealkylation sites (N-methyl/N-ethyl adjacent to an activating group) is 1. The number of likely N-dealkylation sites (tertiary alicyclic amines) is 1. The van der Waals surface area contributed by atoms with Crippen LogP contribution in [0.5, 0.6) is 11.8 Å². The molecule has 1 fully saturated rings. The van der Waals surface area contributed by atoms with Gasteiger partial charge in [-0.2, -0.15) is 0 Å². The van der Waals surface area contributed by atoms with Crippen molar-refractivity contribution in [2.75, 3.05) is 27.2 Å². The number of methoxy groups -OCH3 is 1. The first-order valence-corrected chi connectivity index (χ1v) is 5.17. The Kier molecular flexibility index (Phi) is 3.21. The topological polar surface area (TPSA) is 73.5 Å². The highest BCUT2D eigenvalue weighted by atomic mass is 16.5. The van der Waals surface area contributed by atoms with Gasteiger partial charge in [0.05, 0.1) is 13.2 Å². The first kappa shape index (κ1) is 11.1. The fraction of sp³-hybridized carbons (Fsp3) is 0.600. The normalized spacial score (nSPS) is 25.7. The summed E-state index contributed by atoms with van der Waals surface area (Å²) in [6.45, 7) is 1.66. The molecule has 1 aliphatic rings. The van der Waals surface area contributed by atoms with Crippen molar-refractivity contribution in [1.29, 1.82) is 0 Å². The second-order valence-electron chi connectivity index (χ2n) is 3.96. The van der Waals surface area contributed by atoms with Crippen molar-refractivity contribution in [2.24, 2.45) is 5.73 Å². The van der Waals surface area contributed by atoms with E-state index in [4.69, 9.17) is 15.2 Å². The van der Waals surface area contributed by atoms with Crippen molar-refractivity contribution in [3.05, 3.63) is 12.1 Å². The lowest BCUT2D eigenvalue weighted by Gasteiger charge is -2.15. The van der Waals surface area contributed by atoms with Crippen LogP contribution in [0.15, 0.2) is 12.1 Å². The van der Waals surface area contributed by atoms with Gasteiger partial charge in [-0.3, -0.25) is 0 Å². The zero-order valence-electron chi connectivity index (χ0n) is 9.46. The standard InChI is InChI=1S/C10H16N4O2/c1-14-5-7(11)8(6-14)16-10-4-3-9(15-2)12-13-10/h3-4,7-8H,5-6,11H2,1-2H3. The minimum absolute atomic E-state index is 0.0207. The molecule has 0 saturated carbocycles. The van der Waals surface area contributed by atoms with E-state index in [0.29, 0.717) is 11.8 Å². The second kappa shape index (κ2) is 4.63. The Labute approximate surface area is 94.3 Å². The van der Waals surface area contributed by atoms with Gasteiger partial charge >= 0.3 is 0 Å². The van der Waals surface area contributed by atoms with Crippen molar-refractivity contribution >= 4 is 0 Å². The van der Waals surface area contributed by atoms with Gasteiger partial charge in [-0.05, 0) is 7.05 Å². The summed E-state index contributed by atoms with van der Waals surface area (Å²) >= 11 is 0. The molecule has 16 heavy (non-hydrogen) atoms. The van der Waals surface area contributed by atoms with E-state index >= 15 is 0 Å². The summed E-state index contributed by atoms with van der Waals surface area (Å²) in [5.74, 6) is 0.955. The molecule has 0 radical (unpaired) electrons. The summed E-state index contributed by atoms with van der Waals surface area (Å²) in [6, 6.07) is 3.47. The van der Waals surface area contributed by atoms with E-state index in [-0.39, 0.29) is 12.1 Å². The van der Waals surface area contributed by atoms with Crippen LogP contribution in [0.3, 0.4) is 0 Å². The van der Waals surface area contributed by atoms with E-state index < -0.39 is 0 Å². The van der Waals surface area contributed by atoms with Crippen LogP contribution in [0.4, 0.5) is 0 Å². The lowest BCUT2D eigenvalue weighted by atomic mass is 10.2. The van der Waals surface area contributed by atoms with Crippen LogP contribution in [0.2, 0.25) is 0 Å². The lowest BCUT2D eigenvalue weighted by molar-refractivity contribution is 0.185. The molecular formula is C10H16N4O2. The molecule has 2 atom stereocenters. The molecule has 0 aromatic carbocycles. The summed E-state index contributed by atoms with van der Waals surface area (Å²) in [5, 5.41) is 7.73. The predicted molar refractivity (Wildman–Crippen MR) is 58.5 cm³/mol. The van der Waals surface area contributed by atoms with Crippen LogP contribution in [-0.4, -0.2) is 54.5 Å². The average Bonchev–Trinajstić information content (AvgIpc) is 2.59. The first-order valence-electron chi connectivity index (χ1n) is 5.17. The molecule has 0 amide bonds. The number of nitrogens with two attached hydrogens (primary N) is 1. The van der Waals surface area contributed by atoms with Gasteiger partial charge in [0.25, 0.3) is 0 Å². The van der Waals surface area contributed by atoms with Crippen LogP contribution in [0, 0.1) is 0 Å². The SMILES string of the molecule is COc1ccc(OC2CN(C)CC2N)nn1. The molecule has 2 heterocycles. The molecule has 1 aliphatic heterocycles. The Hall–Kier alpha value is -1.40. The molecule has 2 N–H and O–H groups in total. The van der Waals surface area contributed by atoms with Crippen molar-refractivity contribution < 1.29 is 9.47 Å². The van der Waals surface area contributed by atoms with Crippen LogP contribution in [-0.2, 0) is 0 Å². The zero-order chi connectivity index (χ0) is 11.5. The Bertz CT molecular complexity index is 343. The van der Waals surface area contributed by atoms with Gasteiger partial charge in [-0.1, -0.05) is 0 Å². The third-order valence-electron chi connectivity index (χ3n) is 2.59. The average molecular weight is 224 g/mol. The molecule has 0 aliphatic carbocycles. The van der Waals surface area contributed by atoms with Gasteiger partial charge in [0.1, 0.15) is 6.10 Å². The van der Waals surface area contributed by atoms with Crippen molar-refractivity contribution in [2.45, 2.75) is 12.1 Å². The van der Waals surface area contributed by atoms with Gasteiger partial charge < -0.3 is 20.1 Å². The van der Waals surface area contributed by atoms with Gasteiger partial charge in [0.2, 0.25) is 11.8 Å². The molecule has 6 heteroatoms. The van der Waals surface area contributed by atoms with E-state index in [9.17, 15) is 0 Å². The number of hydrogen-bond acceptors (Lipinski definition) is 6. The van der Waals surface area contributed by atoms with Crippen molar-refractivity contribution in [3.8, 4) is 11.8 Å². The van der Waals surface area contributed by atoms with E-state index in [1.54, 1.807) is 19.2 Å². The molecule has 2 unspecified atom stereocenters. The molecule has 88 valence electrons. The Morgan fingerprint density at radius 2 is 2.00 bits per heavy atom. The molecule has 6 nitrogen and oxygen atoms in total. The maximum atomic E-state index is 5.93. The van der Waals surface area contributed by atoms with Gasteiger partial charge in [0.15, 0.2) is 0 Å². The number of aromatic nitrogens is 2. The number of nitrogens with zero attached hydrogens (tertiary/aromatic N) is 3. The summed E-state index contributed by atoms with van der Waals surface area (Å²) in [5.41, 5.74) is 5.93. The largest absolute Gasteiger partial charge is 0.480 e. The molecule has 1 aromatic heterocycles. The summed E-state index contributed by atoms with van der Waals surface area (Å²) < 4.78 is 10.6. The summed E-state index contributed by atoms with van der Waals surface area (Å²) in [7, 11) is 3.56. The zero-order valence-corrected chi connectivity index (χ0v) is 9.46. The van der Waals surface area contributed by atoms with E-state index in [1.807, 2.05) is 7.05 Å². The van der Waals surface area contributed by atoms with Crippen molar-refractivity contribution in [3.63, 3.8) is 0 Å². The molecule has 0 bridgehead atoms. The first-order chi connectivity index (χ1) is 7.69. The van der Waals surface area contributed by atoms with Crippen LogP contribution >= 0.6 is 0 Å². The maximum Gasteiger partial charge on any atom is 0.234 e. The summed E-state index contributed by atoms with van der Waals surface area (Å²) in [6.07, 6.45) is -0.0207. The highest BCUT2D eigenvalue weighted by Crippen LogP contribution is 2.15. The second-order valence-corrected chi connectivity index (χ2v) is 3.96. The fourth-order valence-electron chi connectivity index (χ4n) is 1.75. The van der Waals surface area contributed by atoms with Gasteiger partial charge in [0, 0.05) is 25.2 Å². The van der Waals surface area contributed by atoms with Gasteiger partial charge in [-0.25, -0.2) is 0 Å². The van der Waals surface area contributed by atoms with Crippen molar-refractivity contribution in [1.82, 2.24) is 15.1 Å². The fourth-order valence-corrected chi connectivity index (χ4v) is 1.75. The predicted octanol–water partition coefficient (Wildman–Crippen LogP) is -0.495. The highest BCUT2D eigenvalue weighted by Gasteiger charge is 2.29. The monoisotopic (exact) mass is 224 g/mol. The van der Waals surface area contributed by atoms with Crippen LogP contribution < -0.4 is 15.2 Å². The van der Waals surface area contributed by atoms with Crippen LogP contribution in [0.1, 0.15) is 0 Å². The van der Waals surface area contributed by atoms with Gasteiger partial charge in [-0.15, -0.1) is 10.2 Å². The molecule has 2 rings (SSSR count). The third kappa shape index (κ3) is 2.40. The number of ether oxygens (including phenoxy) is 2. The minimum atomic E-state index is -0.0207. The Morgan fingerprint density at radius 1 is 1.31 bits per heavy atom. The summed E-state index contributed by atoms with van der Waals surface area (Å²) in [4.78, 5) is 2.13. The van der Waals surface area contributed by atoms with E-state index in [1.165, 1.54) is 0 Å². The Balaban J connectivity index is 1.98. The number of rotatable bonds is 3. The van der Waals surface area contributed by atoms with Crippen LogP contribution in [0.25, 0.3) is 0 Å². The molecule has 0 spiro atoms. The minimum Gasteiger partial charge on any atom is -0.480 e. The number of hydrogen-bond donors (Lipinski definition) is 1. The molecule has 1 aromatic rings. The highest BCUT2D eigenvalue weighted by molar-refractivity contribution is 5.15. The third-order valence-corrected chi connectivity index (χ3v) is 2.59. The molecular weight excluding hydrogens is 208 g/mol. The van der Waals surface area contributed by atoms with E-state index in [2.05, 4.69) is 15.1 Å². The molecule has 1 saturated heterocycles. The lowest BCUT2D eigenvalue weighted by Crippen LogP contribution is -2.37. The Morgan fingerprint density at radius 3 is 2.50 bits per heavy atom. The smallest absolute Gasteiger partial charge is 0.234 e. The quantitative estimate of drug-likeness (QED) is 0.746. The maximum absolute atomic E-state index is 5.93. The van der Waals surface area contributed by atoms with E-state index in [0.717, 1.165) is 13.1 Å².